The van der Waals surface area contributed by atoms with Gasteiger partial charge in [-0.05, 0) is 38.0 Å². The first-order valence-corrected chi connectivity index (χ1v) is 7.49. The molecule has 1 aromatic carbocycles. The van der Waals surface area contributed by atoms with Gasteiger partial charge in [0.25, 0.3) is 0 Å². The highest BCUT2D eigenvalue weighted by molar-refractivity contribution is 5.94. The second-order valence-corrected chi connectivity index (χ2v) is 5.14. The van der Waals surface area contributed by atoms with E-state index in [1.165, 1.54) is 6.92 Å². The quantitative estimate of drug-likeness (QED) is 0.691. The maximum atomic E-state index is 12.4. The first-order valence-electron chi connectivity index (χ1n) is 7.49. The van der Waals surface area contributed by atoms with E-state index in [-0.39, 0.29) is 18.1 Å². The number of hydrogen-bond acceptors (Lipinski definition) is 3. The molecular weight excluding hydrogens is 266 g/mol. The molecule has 1 aromatic rings. The molecule has 0 aliphatic carbocycles. The van der Waals surface area contributed by atoms with Crippen molar-refractivity contribution in [2.45, 2.75) is 40.0 Å². The fourth-order valence-electron chi connectivity index (χ4n) is 2.31. The molecular formula is C17H25NO3. The smallest absolute Gasteiger partial charge is 0.227 e. The van der Waals surface area contributed by atoms with Crippen molar-refractivity contribution in [2.75, 3.05) is 20.2 Å². The maximum absolute atomic E-state index is 12.4. The van der Waals surface area contributed by atoms with Gasteiger partial charge in [0.05, 0.1) is 13.5 Å². The van der Waals surface area contributed by atoms with Crippen LogP contribution in [0.25, 0.3) is 0 Å². The van der Waals surface area contributed by atoms with Gasteiger partial charge in [-0.2, -0.15) is 0 Å². The van der Waals surface area contributed by atoms with E-state index in [9.17, 15) is 9.59 Å². The standard InChI is InChI=1S/C17H25NO3/c1-5-9-18(10-6-2)17(20)12-15-11-14(13(3)19)7-8-16(15)21-4/h7-8,11H,5-6,9-10,12H2,1-4H3. The largest absolute Gasteiger partial charge is 0.496 e. The molecule has 1 rings (SSSR count). The molecule has 4 heteroatoms. The third-order valence-corrected chi connectivity index (χ3v) is 3.37. The summed E-state index contributed by atoms with van der Waals surface area (Å²) in [7, 11) is 1.58. The number of methoxy groups -OCH3 is 1. The van der Waals surface area contributed by atoms with E-state index < -0.39 is 0 Å². The molecule has 0 bridgehead atoms. The topological polar surface area (TPSA) is 46.6 Å². The fraction of sp³-hybridized carbons (Fsp3) is 0.529. The van der Waals surface area contributed by atoms with E-state index in [1.807, 2.05) is 4.90 Å². The van der Waals surface area contributed by atoms with Crippen LogP contribution in [0, 0.1) is 0 Å². The highest BCUT2D eigenvalue weighted by Gasteiger charge is 2.16. The van der Waals surface area contributed by atoms with Gasteiger partial charge in [-0.3, -0.25) is 9.59 Å². The molecule has 0 atom stereocenters. The van der Waals surface area contributed by atoms with Gasteiger partial charge in [-0.15, -0.1) is 0 Å². The number of ether oxygens (including phenoxy) is 1. The zero-order valence-electron chi connectivity index (χ0n) is 13.4. The highest BCUT2D eigenvalue weighted by Crippen LogP contribution is 2.21. The first-order chi connectivity index (χ1) is 10.0. The Bertz CT molecular complexity index is 491. The van der Waals surface area contributed by atoms with Gasteiger partial charge in [-0.1, -0.05) is 13.8 Å². The zero-order chi connectivity index (χ0) is 15.8. The van der Waals surface area contributed by atoms with Crippen LogP contribution in [0.3, 0.4) is 0 Å². The third-order valence-electron chi connectivity index (χ3n) is 3.37. The molecule has 4 nitrogen and oxygen atoms in total. The SMILES string of the molecule is CCCN(CCC)C(=O)Cc1cc(C(C)=O)ccc1OC. The number of amides is 1. The van der Waals surface area contributed by atoms with Crippen molar-refractivity contribution >= 4 is 11.7 Å². The number of carbonyl (C=O) groups is 2. The molecule has 0 radical (unpaired) electrons. The third kappa shape index (κ3) is 4.88. The molecule has 0 N–H and O–H groups in total. The fourth-order valence-corrected chi connectivity index (χ4v) is 2.31. The Kier molecular flexibility index (Phi) is 6.92. The van der Waals surface area contributed by atoms with Crippen molar-refractivity contribution in [1.29, 1.82) is 0 Å². The monoisotopic (exact) mass is 291 g/mol. The summed E-state index contributed by atoms with van der Waals surface area (Å²) in [6.07, 6.45) is 2.15. The van der Waals surface area contributed by atoms with Gasteiger partial charge >= 0.3 is 0 Å². The van der Waals surface area contributed by atoms with E-state index in [2.05, 4.69) is 13.8 Å². The molecule has 0 aromatic heterocycles. The van der Waals surface area contributed by atoms with E-state index >= 15 is 0 Å². The Labute approximate surface area is 127 Å². The lowest BCUT2D eigenvalue weighted by atomic mass is 10.0. The van der Waals surface area contributed by atoms with Crippen LogP contribution in [0.5, 0.6) is 5.75 Å². The van der Waals surface area contributed by atoms with Gasteiger partial charge in [0.1, 0.15) is 5.75 Å². The van der Waals surface area contributed by atoms with Crippen LogP contribution in [0.1, 0.15) is 49.5 Å². The zero-order valence-corrected chi connectivity index (χ0v) is 13.4. The molecule has 0 saturated heterocycles. The van der Waals surface area contributed by atoms with Crippen molar-refractivity contribution in [3.8, 4) is 5.75 Å². The maximum Gasteiger partial charge on any atom is 0.227 e. The molecule has 0 aliphatic heterocycles. The summed E-state index contributed by atoms with van der Waals surface area (Å²) < 4.78 is 5.30. The molecule has 0 spiro atoms. The number of benzene rings is 1. The predicted octanol–water partition coefficient (Wildman–Crippen LogP) is 3.09. The van der Waals surface area contributed by atoms with E-state index in [4.69, 9.17) is 4.74 Å². The van der Waals surface area contributed by atoms with Crippen LogP contribution in [-0.2, 0) is 11.2 Å². The number of hydrogen-bond donors (Lipinski definition) is 0. The minimum absolute atomic E-state index is 0.00896. The summed E-state index contributed by atoms with van der Waals surface area (Å²) in [6, 6.07) is 5.24. The lowest BCUT2D eigenvalue weighted by Crippen LogP contribution is -2.33. The second-order valence-electron chi connectivity index (χ2n) is 5.14. The Morgan fingerprint density at radius 3 is 2.24 bits per heavy atom. The summed E-state index contributed by atoms with van der Waals surface area (Å²) in [5.41, 5.74) is 1.38. The number of Topliss-reactive ketones (excluding diaryl/α,β-unsaturated/α-hetero) is 1. The van der Waals surface area contributed by atoms with Gasteiger partial charge < -0.3 is 9.64 Å². The summed E-state index contributed by atoms with van der Waals surface area (Å²) >= 11 is 0. The molecule has 116 valence electrons. The average molecular weight is 291 g/mol. The number of ketones is 1. The molecule has 0 unspecified atom stereocenters. The number of nitrogens with zero attached hydrogens (tertiary/aromatic N) is 1. The van der Waals surface area contributed by atoms with Crippen molar-refractivity contribution < 1.29 is 14.3 Å². The van der Waals surface area contributed by atoms with Crippen molar-refractivity contribution in [3.05, 3.63) is 29.3 Å². The summed E-state index contributed by atoms with van der Waals surface area (Å²) in [6.45, 7) is 7.18. The van der Waals surface area contributed by atoms with Crippen LogP contribution in [0.15, 0.2) is 18.2 Å². The Balaban J connectivity index is 2.95. The van der Waals surface area contributed by atoms with E-state index in [1.54, 1.807) is 25.3 Å². The van der Waals surface area contributed by atoms with Crippen LogP contribution in [0.2, 0.25) is 0 Å². The van der Waals surface area contributed by atoms with E-state index in [0.717, 1.165) is 31.5 Å². The summed E-state index contributed by atoms with van der Waals surface area (Å²) in [5.74, 6) is 0.726. The number of rotatable bonds is 8. The molecule has 1 amide bonds. The molecule has 0 saturated carbocycles. The van der Waals surface area contributed by atoms with Gasteiger partial charge in [0.2, 0.25) is 5.91 Å². The molecule has 0 aliphatic rings. The average Bonchev–Trinajstić information content (AvgIpc) is 2.46. The van der Waals surface area contributed by atoms with E-state index in [0.29, 0.717) is 11.3 Å². The Morgan fingerprint density at radius 1 is 1.14 bits per heavy atom. The molecule has 0 fully saturated rings. The minimum Gasteiger partial charge on any atom is -0.496 e. The normalized spacial score (nSPS) is 10.3. The van der Waals surface area contributed by atoms with Crippen molar-refractivity contribution in [2.24, 2.45) is 0 Å². The molecule has 21 heavy (non-hydrogen) atoms. The van der Waals surface area contributed by atoms with Gasteiger partial charge in [0, 0.05) is 24.2 Å². The Morgan fingerprint density at radius 2 is 1.76 bits per heavy atom. The summed E-state index contributed by atoms with van der Waals surface area (Å²) in [4.78, 5) is 25.8. The lowest BCUT2D eigenvalue weighted by Gasteiger charge is -2.22. The van der Waals surface area contributed by atoms with Gasteiger partial charge in [0.15, 0.2) is 5.78 Å². The van der Waals surface area contributed by atoms with Crippen molar-refractivity contribution in [1.82, 2.24) is 4.90 Å². The lowest BCUT2D eigenvalue weighted by molar-refractivity contribution is -0.130. The predicted molar refractivity (Wildman–Crippen MR) is 83.9 cm³/mol. The highest BCUT2D eigenvalue weighted by atomic mass is 16.5. The first kappa shape index (κ1) is 17.2. The number of carbonyl (C=O) groups excluding carboxylic acids is 2. The van der Waals surface area contributed by atoms with Crippen molar-refractivity contribution in [3.63, 3.8) is 0 Å². The van der Waals surface area contributed by atoms with Gasteiger partial charge in [-0.25, -0.2) is 0 Å². The summed E-state index contributed by atoms with van der Waals surface area (Å²) in [5, 5.41) is 0. The minimum atomic E-state index is -0.00896. The Hall–Kier alpha value is -1.84. The van der Waals surface area contributed by atoms with Crippen LogP contribution < -0.4 is 4.74 Å². The van der Waals surface area contributed by atoms with Crippen LogP contribution in [-0.4, -0.2) is 36.8 Å². The van der Waals surface area contributed by atoms with Crippen LogP contribution >= 0.6 is 0 Å². The van der Waals surface area contributed by atoms with Crippen LogP contribution in [0.4, 0.5) is 0 Å². The second kappa shape index (κ2) is 8.45. The molecule has 0 heterocycles.